The monoisotopic (exact) mass is 309 g/mol. The summed E-state index contributed by atoms with van der Waals surface area (Å²) in [5, 5.41) is 3.98. The first kappa shape index (κ1) is 13.6. The van der Waals surface area contributed by atoms with Crippen molar-refractivity contribution in [3.05, 3.63) is 17.2 Å². The minimum Gasteiger partial charge on any atom is -0.354 e. The zero-order valence-corrected chi connectivity index (χ0v) is 13.2. The molecule has 2 heterocycles. The number of halogens is 1. The van der Waals surface area contributed by atoms with Crippen LogP contribution in [0.25, 0.3) is 11.0 Å². The van der Waals surface area contributed by atoms with Gasteiger partial charge < -0.3 is 10.2 Å². The molecule has 0 bridgehead atoms. The molecule has 0 saturated carbocycles. The van der Waals surface area contributed by atoms with Crippen LogP contribution in [0.5, 0.6) is 0 Å². The predicted octanol–water partition coefficient (Wildman–Crippen LogP) is 2.91. The van der Waals surface area contributed by atoms with Crippen LogP contribution < -0.4 is 10.2 Å². The number of fused-ring (bicyclic) bond motifs is 1. The number of nitrogens with zero attached hydrogens (tertiary/aromatic N) is 4. The Morgan fingerprint density at radius 2 is 2.10 bits per heavy atom. The molecule has 0 fully saturated rings. The molecule has 1 N–H and O–H groups in total. The van der Waals surface area contributed by atoms with Gasteiger partial charge in [-0.2, -0.15) is 8.75 Å². The number of guanidine groups is 1. The summed E-state index contributed by atoms with van der Waals surface area (Å²) in [5.41, 5.74) is 2.40. The molecule has 1 aliphatic heterocycles. The number of hydrogen-bond acceptors (Lipinski definition) is 6. The standard InChI is InChI=1S/C13H16ClN5S/c1-13(2,3)19(12-15-6-7-16-12)11-8(14)4-5-9-10(11)18-20-17-9/h4-5H,6-7H2,1-3H3,(H,15,16). The van der Waals surface area contributed by atoms with Gasteiger partial charge in [-0.25, -0.2) is 0 Å². The topological polar surface area (TPSA) is 53.4 Å². The van der Waals surface area contributed by atoms with Crippen molar-refractivity contribution in [3.63, 3.8) is 0 Å². The van der Waals surface area contributed by atoms with Crippen molar-refractivity contribution < 1.29 is 0 Å². The predicted molar refractivity (Wildman–Crippen MR) is 85.0 cm³/mol. The molecule has 0 atom stereocenters. The van der Waals surface area contributed by atoms with E-state index in [1.807, 2.05) is 12.1 Å². The summed E-state index contributed by atoms with van der Waals surface area (Å²) in [5.74, 6) is 0.847. The van der Waals surface area contributed by atoms with Gasteiger partial charge in [0.2, 0.25) is 0 Å². The van der Waals surface area contributed by atoms with Crippen molar-refractivity contribution in [2.75, 3.05) is 18.0 Å². The third-order valence-corrected chi connectivity index (χ3v) is 3.96. The van der Waals surface area contributed by atoms with Gasteiger partial charge in [-0.05, 0) is 32.9 Å². The Labute approximate surface area is 127 Å². The lowest BCUT2D eigenvalue weighted by Gasteiger charge is -2.37. The molecule has 1 aromatic heterocycles. The minimum atomic E-state index is -0.169. The van der Waals surface area contributed by atoms with Crippen LogP contribution in [-0.4, -0.2) is 33.3 Å². The second kappa shape index (κ2) is 4.86. The number of anilines is 1. The zero-order chi connectivity index (χ0) is 14.3. The molecular weight excluding hydrogens is 294 g/mol. The molecule has 2 aromatic rings. The van der Waals surface area contributed by atoms with Crippen LogP contribution in [0.3, 0.4) is 0 Å². The Morgan fingerprint density at radius 1 is 1.30 bits per heavy atom. The number of nitrogens with one attached hydrogen (secondary N) is 1. The fourth-order valence-corrected chi connectivity index (χ4v) is 3.09. The summed E-state index contributed by atoms with van der Waals surface area (Å²) in [6, 6.07) is 3.77. The molecule has 106 valence electrons. The van der Waals surface area contributed by atoms with Crippen molar-refractivity contribution in [2.24, 2.45) is 4.99 Å². The first-order valence-electron chi connectivity index (χ1n) is 6.48. The van der Waals surface area contributed by atoms with E-state index in [1.54, 1.807) is 0 Å². The van der Waals surface area contributed by atoms with Crippen LogP contribution in [0.2, 0.25) is 5.02 Å². The maximum atomic E-state index is 6.45. The second-order valence-electron chi connectivity index (χ2n) is 5.67. The Balaban J connectivity index is 2.23. The minimum absolute atomic E-state index is 0.169. The fraction of sp³-hybridized carbons (Fsp3) is 0.462. The van der Waals surface area contributed by atoms with Crippen LogP contribution in [0, 0.1) is 0 Å². The average molecular weight is 310 g/mol. The number of rotatable bonds is 1. The lowest BCUT2D eigenvalue weighted by Crippen LogP contribution is -2.50. The van der Waals surface area contributed by atoms with E-state index < -0.39 is 0 Å². The maximum Gasteiger partial charge on any atom is 0.199 e. The zero-order valence-electron chi connectivity index (χ0n) is 11.6. The van der Waals surface area contributed by atoms with Crippen molar-refractivity contribution in [1.82, 2.24) is 14.1 Å². The van der Waals surface area contributed by atoms with Crippen LogP contribution in [0.4, 0.5) is 5.69 Å². The van der Waals surface area contributed by atoms with Crippen molar-refractivity contribution in [1.29, 1.82) is 0 Å². The first-order valence-corrected chi connectivity index (χ1v) is 7.58. The van der Waals surface area contributed by atoms with E-state index in [0.29, 0.717) is 5.02 Å². The smallest absolute Gasteiger partial charge is 0.199 e. The summed E-state index contributed by atoms with van der Waals surface area (Å²) in [6.45, 7) is 8.02. The van der Waals surface area contributed by atoms with Gasteiger partial charge in [-0.3, -0.25) is 4.99 Å². The number of benzene rings is 1. The molecule has 0 amide bonds. The fourth-order valence-electron chi connectivity index (χ4n) is 2.32. The molecule has 7 heteroatoms. The molecule has 0 unspecified atom stereocenters. The SMILES string of the molecule is CC(C)(C)N(C1=NCCN1)c1c(Cl)ccc2nsnc12. The maximum absolute atomic E-state index is 6.45. The van der Waals surface area contributed by atoms with Gasteiger partial charge in [0.25, 0.3) is 0 Å². The molecule has 0 aliphatic carbocycles. The number of aromatic nitrogens is 2. The van der Waals surface area contributed by atoms with Crippen molar-refractivity contribution >= 4 is 46.0 Å². The van der Waals surface area contributed by atoms with Crippen molar-refractivity contribution in [2.45, 2.75) is 26.3 Å². The van der Waals surface area contributed by atoms with Gasteiger partial charge in [0, 0.05) is 12.1 Å². The largest absolute Gasteiger partial charge is 0.354 e. The van der Waals surface area contributed by atoms with Crippen LogP contribution in [0.15, 0.2) is 17.1 Å². The summed E-state index contributed by atoms with van der Waals surface area (Å²) >= 11 is 7.65. The van der Waals surface area contributed by atoms with Crippen molar-refractivity contribution in [3.8, 4) is 0 Å². The highest BCUT2D eigenvalue weighted by molar-refractivity contribution is 7.00. The summed E-state index contributed by atoms with van der Waals surface area (Å²) in [7, 11) is 0. The van der Waals surface area contributed by atoms with Gasteiger partial charge in [0.05, 0.1) is 29.0 Å². The molecular formula is C13H16ClN5S. The van der Waals surface area contributed by atoms with E-state index in [9.17, 15) is 0 Å². The molecule has 3 rings (SSSR count). The lowest BCUT2D eigenvalue weighted by molar-refractivity contribution is 0.567. The second-order valence-corrected chi connectivity index (χ2v) is 6.60. The molecule has 0 spiro atoms. The third-order valence-electron chi connectivity index (χ3n) is 3.11. The van der Waals surface area contributed by atoms with E-state index in [0.717, 1.165) is 35.8 Å². The van der Waals surface area contributed by atoms with Crippen LogP contribution in [0.1, 0.15) is 20.8 Å². The number of hydrogen-bond donors (Lipinski definition) is 1. The van der Waals surface area contributed by atoms with Gasteiger partial charge in [0.1, 0.15) is 11.0 Å². The van der Waals surface area contributed by atoms with Gasteiger partial charge in [-0.15, -0.1) is 0 Å². The van der Waals surface area contributed by atoms with Crippen LogP contribution >= 0.6 is 23.3 Å². The third kappa shape index (κ3) is 2.23. The first-order chi connectivity index (χ1) is 9.48. The quantitative estimate of drug-likeness (QED) is 0.880. The summed E-state index contributed by atoms with van der Waals surface area (Å²) in [6.07, 6.45) is 0. The Hall–Kier alpha value is -1.40. The molecule has 0 saturated heterocycles. The Bertz CT molecular complexity index is 673. The molecule has 1 aromatic carbocycles. The van der Waals surface area contributed by atoms with Crippen LogP contribution in [-0.2, 0) is 0 Å². The van der Waals surface area contributed by atoms with E-state index in [2.05, 4.69) is 44.7 Å². The highest BCUT2D eigenvalue weighted by Gasteiger charge is 2.31. The molecule has 0 radical (unpaired) electrons. The van der Waals surface area contributed by atoms with Gasteiger partial charge in [-0.1, -0.05) is 11.6 Å². The average Bonchev–Trinajstić information content (AvgIpc) is 3.01. The van der Waals surface area contributed by atoms with E-state index in [-0.39, 0.29) is 5.54 Å². The van der Waals surface area contributed by atoms with E-state index >= 15 is 0 Å². The van der Waals surface area contributed by atoms with E-state index in [1.165, 1.54) is 11.7 Å². The molecule has 1 aliphatic rings. The molecule has 5 nitrogen and oxygen atoms in total. The normalized spacial score (nSPS) is 15.3. The summed E-state index contributed by atoms with van der Waals surface area (Å²) in [4.78, 5) is 6.66. The van der Waals surface area contributed by atoms with E-state index in [4.69, 9.17) is 11.6 Å². The number of aliphatic imine (C=N–C) groups is 1. The highest BCUT2D eigenvalue weighted by Crippen LogP contribution is 2.37. The Kier molecular flexibility index (Phi) is 3.30. The highest BCUT2D eigenvalue weighted by atomic mass is 35.5. The van der Waals surface area contributed by atoms with Gasteiger partial charge >= 0.3 is 0 Å². The lowest BCUT2D eigenvalue weighted by atomic mass is 10.0. The summed E-state index contributed by atoms with van der Waals surface area (Å²) < 4.78 is 8.70. The Morgan fingerprint density at radius 3 is 2.75 bits per heavy atom. The molecule has 20 heavy (non-hydrogen) atoms. The van der Waals surface area contributed by atoms with Gasteiger partial charge in [0.15, 0.2) is 5.96 Å².